The Labute approximate surface area is 222 Å². The van der Waals surface area contributed by atoms with Gasteiger partial charge in [0, 0.05) is 36.6 Å². The third kappa shape index (κ3) is 8.65. The molecule has 3 aromatic rings. The number of aromatic nitrogens is 4. The van der Waals surface area contributed by atoms with E-state index >= 15 is 0 Å². The van der Waals surface area contributed by atoms with Gasteiger partial charge < -0.3 is 47.0 Å². The molecule has 15 heteroatoms. The zero-order chi connectivity index (χ0) is 28.4. The van der Waals surface area contributed by atoms with Gasteiger partial charge in [-0.05, 0) is 24.1 Å². The Hall–Kier alpha value is -4.76. The number of benzene rings is 1. The number of aromatic amines is 2. The second-order valence-corrected chi connectivity index (χ2v) is 8.74. The normalized spacial score (nSPS) is 14.0. The minimum absolute atomic E-state index is 0.0542. The lowest BCUT2D eigenvalue weighted by molar-refractivity contribution is -0.142. The fraction of sp³-hybridized carbons (Fsp3) is 0.333. The van der Waals surface area contributed by atoms with Crippen LogP contribution >= 0.6 is 0 Å². The molecule has 39 heavy (non-hydrogen) atoms. The predicted octanol–water partition coefficient (Wildman–Crippen LogP) is -2.28. The van der Waals surface area contributed by atoms with Crippen LogP contribution < -0.4 is 21.7 Å². The first-order valence-electron chi connectivity index (χ1n) is 11.9. The third-order valence-corrected chi connectivity index (χ3v) is 5.75. The van der Waals surface area contributed by atoms with Crippen molar-refractivity contribution in [3.63, 3.8) is 0 Å². The van der Waals surface area contributed by atoms with Crippen LogP contribution in [0.15, 0.2) is 49.3 Å². The largest absolute Gasteiger partial charge is 0.508 e. The lowest BCUT2D eigenvalue weighted by Crippen LogP contribution is -2.58. The summed E-state index contributed by atoms with van der Waals surface area (Å²) < 4.78 is 0. The molecule has 0 aliphatic heterocycles. The fourth-order valence-electron chi connectivity index (χ4n) is 3.64. The van der Waals surface area contributed by atoms with Gasteiger partial charge in [-0.2, -0.15) is 0 Å². The first kappa shape index (κ1) is 28.8. The first-order chi connectivity index (χ1) is 18.7. The van der Waals surface area contributed by atoms with Gasteiger partial charge in [0.05, 0.1) is 25.3 Å². The van der Waals surface area contributed by atoms with E-state index in [-0.39, 0.29) is 25.0 Å². The number of rotatable bonds is 14. The van der Waals surface area contributed by atoms with E-state index in [9.17, 15) is 34.5 Å². The molecular formula is C24H30N8O7. The zero-order valence-electron chi connectivity index (χ0n) is 20.7. The van der Waals surface area contributed by atoms with E-state index < -0.39 is 54.5 Å². The number of aromatic hydroxyl groups is 1. The van der Waals surface area contributed by atoms with E-state index in [0.717, 1.165) is 0 Å². The maximum atomic E-state index is 13.1. The van der Waals surface area contributed by atoms with E-state index in [1.807, 2.05) is 0 Å². The number of aliphatic hydroxyl groups is 1. The number of aliphatic carboxylic acids is 1. The molecule has 1 aromatic carbocycles. The molecule has 0 aliphatic carbocycles. The summed E-state index contributed by atoms with van der Waals surface area (Å²) in [5.74, 6) is -3.66. The molecular weight excluding hydrogens is 512 g/mol. The molecule has 4 unspecified atom stereocenters. The summed E-state index contributed by atoms with van der Waals surface area (Å²) in [6.45, 7) is -0.792. The lowest BCUT2D eigenvalue weighted by atomic mass is 10.1. The highest BCUT2D eigenvalue weighted by atomic mass is 16.4. The molecule has 3 rings (SSSR count). The summed E-state index contributed by atoms with van der Waals surface area (Å²) in [5, 5.41) is 35.9. The molecule has 0 bridgehead atoms. The van der Waals surface area contributed by atoms with E-state index in [2.05, 4.69) is 35.9 Å². The number of phenolic OH excluding ortho intramolecular Hbond substituents is 1. The van der Waals surface area contributed by atoms with Gasteiger partial charge in [-0.25, -0.2) is 14.8 Å². The van der Waals surface area contributed by atoms with Gasteiger partial charge in [0.25, 0.3) is 0 Å². The summed E-state index contributed by atoms with van der Waals surface area (Å²) in [7, 11) is 0. The Balaban J connectivity index is 1.66. The second kappa shape index (κ2) is 13.7. The van der Waals surface area contributed by atoms with Crippen molar-refractivity contribution in [3.8, 4) is 5.75 Å². The molecule has 15 nitrogen and oxygen atoms in total. The molecule has 4 atom stereocenters. The highest BCUT2D eigenvalue weighted by Crippen LogP contribution is 2.11. The van der Waals surface area contributed by atoms with Gasteiger partial charge >= 0.3 is 5.97 Å². The maximum absolute atomic E-state index is 13.1. The van der Waals surface area contributed by atoms with Crippen molar-refractivity contribution in [2.24, 2.45) is 5.73 Å². The van der Waals surface area contributed by atoms with Crippen LogP contribution in [0, 0.1) is 0 Å². The van der Waals surface area contributed by atoms with Gasteiger partial charge in [0.1, 0.15) is 23.9 Å². The van der Waals surface area contributed by atoms with Crippen LogP contribution in [0.2, 0.25) is 0 Å². The molecule has 0 aliphatic rings. The number of H-pyrrole nitrogens is 2. The molecule has 2 aromatic heterocycles. The molecule has 0 spiro atoms. The SMILES string of the molecule is NC(Cc1ccc(O)cc1)C(=O)NC(CO)C(=O)NC(Cc1cnc[nH]1)C(=O)NC(Cc1cnc[nH]1)C(=O)O. The Bertz CT molecular complexity index is 1230. The average molecular weight is 543 g/mol. The predicted molar refractivity (Wildman–Crippen MR) is 135 cm³/mol. The number of imidazole rings is 2. The van der Waals surface area contributed by atoms with Crippen LogP contribution in [-0.4, -0.2) is 89.7 Å². The number of carbonyl (C=O) groups is 4. The zero-order valence-corrected chi connectivity index (χ0v) is 20.7. The van der Waals surface area contributed by atoms with Crippen LogP contribution in [0.3, 0.4) is 0 Å². The van der Waals surface area contributed by atoms with Crippen molar-refractivity contribution in [3.05, 3.63) is 66.3 Å². The number of amides is 3. The molecule has 10 N–H and O–H groups in total. The van der Waals surface area contributed by atoms with Crippen LogP contribution in [0.1, 0.15) is 17.0 Å². The number of carboxylic acid groups (broad SMARTS) is 1. The third-order valence-electron chi connectivity index (χ3n) is 5.75. The van der Waals surface area contributed by atoms with Gasteiger partial charge in [-0.3, -0.25) is 14.4 Å². The van der Waals surface area contributed by atoms with Crippen molar-refractivity contribution in [2.45, 2.75) is 43.4 Å². The Morgan fingerprint density at radius 3 is 1.82 bits per heavy atom. The Morgan fingerprint density at radius 1 is 0.795 bits per heavy atom. The smallest absolute Gasteiger partial charge is 0.326 e. The topological polar surface area (TPSA) is 248 Å². The lowest BCUT2D eigenvalue weighted by Gasteiger charge is -2.24. The van der Waals surface area contributed by atoms with Gasteiger partial charge in [0.2, 0.25) is 17.7 Å². The number of carboxylic acids is 1. The number of nitrogens with two attached hydrogens (primary N) is 1. The van der Waals surface area contributed by atoms with Crippen LogP contribution in [0.5, 0.6) is 5.75 Å². The number of phenols is 1. The minimum Gasteiger partial charge on any atom is -0.508 e. The number of carbonyl (C=O) groups excluding carboxylic acids is 3. The Kier molecular flexibility index (Phi) is 10.1. The minimum atomic E-state index is -1.44. The Morgan fingerprint density at radius 2 is 1.31 bits per heavy atom. The molecule has 3 amide bonds. The molecule has 208 valence electrons. The fourth-order valence-corrected chi connectivity index (χ4v) is 3.64. The summed E-state index contributed by atoms with van der Waals surface area (Å²) in [6.07, 6.45) is 5.53. The molecule has 0 saturated heterocycles. The van der Waals surface area contributed by atoms with Crippen LogP contribution in [0.25, 0.3) is 0 Å². The van der Waals surface area contributed by atoms with E-state index in [4.69, 9.17) is 5.73 Å². The summed E-state index contributed by atoms with van der Waals surface area (Å²) >= 11 is 0. The maximum Gasteiger partial charge on any atom is 0.326 e. The van der Waals surface area contributed by atoms with Crippen molar-refractivity contribution in [1.29, 1.82) is 0 Å². The number of nitrogens with zero attached hydrogens (tertiary/aromatic N) is 2. The number of aliphatic hydroxyl groups excluding tert-OH is 1. The average Bonchev–Trinajstić information content (AvgIpc) is 3.62. The number of hydrogen-bond acceptors (Lipinski definition) is 9. The standard InChI is InChI=1S/C24H30N8O7/c25-17(5-13-1-3-16(34)4-2-13)21(35)32-20(10-33)23(37)30-18(6-14-8-26-11-28-14)22(36)31-19(24(38)39)7-15-9-27-12-29-15/h1-4,8-9,11-12,17-20,33-34H,5-7,10,25H2,(H,26,28)(H,27,29)(H,30,37)(H,31,36)(H,32,35)(H,38,39). The van der Waals surface area contributed by atoms with Crippen LogP contribution in [-0.2, 0) is 38.4 Å². The first-order valence-corrected chi connectivity index (χ1v) is 11.9. The second-order valence-electron chi connectivity index (χ2n) is 8.74. The van der Waals surface area contributed by atoms with Crippen molar-refractivity contribution in [1.82, 2.24) is 35.9 Å². The van der Waals surface area contributed by atoms with Crippen LogP contribution in [0.4, 0.5) is 0 Å². The van der Waals surface area contributed by atoms with Gasteiger partial charge in [-0.15, -0.1) is 0 Å². The molecule has 0 radical (unpaired) electrons. The summed E-state index contributed by atoms with van der Waals surface area (Å²) in [6, 6.07) is 0.947. The van der Waals surface area contributed by atoms with Crippen molar-refractivity contribution < 1.29 is 34.5 Å². The van der Waals surface area contributed by atoms with E-state index in [1.54, 1.807) is 12.1 Å². The molecule has 0 fully saturated rings. The van der Waals surface area contributed by atoms with Gasteiger partial charge in [-0.1, -0.05) is 12.1 Å². The summed E-state index contributed by atoms with van der Waals surface area (Å²) in [4.78, 5) is 63.6. The van der Waals surface area contributed by atoms with E-state index in [1.165, 1.54) is 37.2 Å². The molecule has 0 saturated carbocycles. The quantitative estimate of drug-likeness (QED) is 0.106. The molecule has 2 heterocycles. The summed E-state index contributed by atoms with van der Waals surface area (Å²) in [5.41, 5.74) is 7.55. The monoisotopic (exact) mass is 542 g/mol. The van der Waals surface area contributed by atoms with Crippen molar-refractivity contribution >= 4 is 23.7 Å². The highest BCUT2D eigenvalue weighted by molar-refractivity contribution is 5.94. The highest BCUT2D eigenvalue weighted by Gasteiger charge is 2.31. The van der Waals surface area contributed by atoms with E-state index in [0.29, 0.717) is 17.0 Å². The van der Waals surface area contributed by atoms with Crippen molar-refractivity contribution in [2.75, 3.05) is 6.61 Å². The number of hydrogen-bond donors (Lipinski definition) is 9. The van der Waals surface area contributed by atoms with Gasteiger partial charge in [0.15, 0.2) is 0 Å². The number of nitrogens with one attached hydrogen (secondary N) is 5.